The SMILES string of the molecule is CC1(BC2CCCN2BBC2(C)CCCCCCC2)CCCCCCCC1. The van der Waals surface area contributed by atoms with Crippen molar-refractivity contribution in [1.82, 2.24) is 4.81 Å². The lowest BCUT2D eigenvalue weighted by molar-refractivity contribution is 0.417. The molecule has 0 aromatic rings. The fourth-order valence-corrected chi connectivity index (χ4v) is 6.55. The summed E-state index contributed by atoms with van der Waals surface area (Å²) >= 11 is 0. The number of hydrogen-bond acceptors (Lipinski definition) is 1. The second-order valence-corrected chi connectivity index (χ2v) is 11.3. The van der Waals surface area contributed by atoms with E-state index in [4.69, 9.17) is 0 Å². The molecule has 3 aliphatic rings. The third-order valence-electron chi connectivity index (χ3n) is 8.60. The van der Waals surface area contributed by atoms with Crippen LogP contribution in [-0.2, 0) is 0 Å². The van der Waals surface area contributed by atoms with Gasteiger partial charge in [-0.15, -0.1) is 0 Å². The first-order valence-corrected chi connectivity index (χ1v) is 12.8. The highest BCUT2D eigenvalue weighted by Crippen LogP contribution is 2.42. The van der Waals surface area contributed by atoms with Crippen LogP contribution < -0.4 is 0 Å². The topological polar surface area (TPSA) is 3.24 Å². The van der Waals surface area contributed by atoms with Crippen molar-refractivity contribution in [3.05, 3.63) is 0 Å². The quantitative estimate of drug-likeness (QED) is 0.555. The summed E-state index contributed by atoms with van der Waals surface area (Å²) in [4.78, 5) is 2.93. The molecule has 0 bridgehead atoms. The van der Waals surface area contributed by atoms with Crippen molar-refractivity contribution in [2.24, 2.45) is 0 Å². The number of rotatable bonds is 5. The van der Waals surface area contributed by atoms with Gasteiger partial charge in [-0.2, -0.15) is 0 Å². The van der Waals surface area contributed by atoms with E-state index in [1.807, 2.05) is 0 Å². The van der Waals surface area contributed by atoms with E-state index in [-0.39, 0.29) is 0 Å². The van der Waals surface area contributed by atoms with Crippen molar-refractivity contribution in [2.45, 2.75) is 140 Å². The van der Waals surface area contributed by atoms with Crippen molar-refractivity contribution in [3.63, 3.8) is 0 Å². The molecule has 0 aromatic heterocycles. The van der Waals surface area contributed by atoms with E-state index in [0.717, 1.165) is 5.94 Å². The Labute approximate surface area is 172 Å². The van der Waals surface area contributed by atoms with E-state index in [0.29, 0.717) is 10.6 Å². The predicted octanol–water partition coefficient (Wildman–Crippen LogP) is 5.78. The Bertz CT molecular complexity index is 410. The van der Waals surface area contributed by atoms with Crippen LogP contribution in [0.4, 0.5) is 0 Å². The fraction of sp³-hybridized carbons (Fsp3) is 1.00. The zero-order chi connectivity index (χ0) is 19.0. The van der Waals surface area contributed by atoms with E-state index in [2.05, 4.69) is 18.7 Å². The maximum atomic E-state index is 2.93. The molecule has 4 heteroatoms. The van der Waals surface area contributed by atoms with Gasteiger partial charge in [0.15, 0.2) is 7.31 Å². The van der Waals surface area contributed by atoms with Gasteiger partial charge >= 0.3 is 0 Å². The Morgan fingerprint density at radius 3 is 1.67 bits per heavy atom. The zero-order valence-corrected chi connectivity index (χ0v) is 18.9. The van der Waals surface area contributed by atoms with Crippen LogP contribution in [0.5, 0.6) is 0 Å². The molecule has 0 aromatic carbocycles. The lowest BCUT2D eigenvalue weighted by Gasteiger charge is -2.37. The minimum atomic E-state index is 0.627. The average Bonchev–Trinajstić information content (AvgIpc) is 3.09. The Morgan fingerprint density at radius 2 is 1.11 bits per heavy atom. The summed E-state index contributed by atoms with van der Waals surface area (Å²) in [6.45, 7) is 6.64. The summed E-state index contributed by atoms with van der Waals surface area (Å²) < 4.78 is 0. The summed E-state index contributed by atoms with van der Waals surface area (Å²) in [6.07, 6.45) is 25.3. The fourth-order valence-electron chi connectivity index (χ4n) is 6.55. The smallest absolute Gasteiger partial charge is 0.165 e. The summed E-state index contributed by atoms with van der Waals surface area (Å²) in [5, 5.41) is 1.26. The Kier molecular flexibility index (Phi) is 8.74. The molecule has 27 heavy (non-hydrogen) atoms. The Hall–Kier alpha value is 0.155. The maximum absolute atomic E-state index is 2.93. The monoisotopic (exact) mass is 369 g/mol. The predicted molar refractivity (Wildman–Crippen MR) is 127 cm³/mol. The maximum Gasteiger partial charge on any atom is 0.165 e. The van der Waals surface area contributed by atoms with E-state index in [1.165, 1.54) is 137 Å². The molecule has 1 saturated heterocycles. The molecule has 1 nitrogen and oxygen atoms in total. The molecule has 1 aliphatic heterocycles. The van der Waals surface area contributed by atoms with E-state index >= 15 is 0 Å². The molecule has 0 radical (unpaired) electrons. The lowest BCUT2D eigenvalue weighted by Crippen LogP contribution is -2.45. The number of nitrogens with zero attached hydrogens (tertiary/aromatic N) is 1. The molecule has 3 fully saturated rings. The number of hydrogen-bond donors (Lipinski definition) is 0. The molecule has 0 amide bonds. The van der Waals surface area contributed by atoms with Gasteiger partial charge in [-0.25, -0.2) is 0 Å². The summed E-state index contributed by atoms with van der Waals surface area (Å²) in [7, 11) is 4.33. The van der Waals surface area contributed by atoms with Gasteiger partial charge in [0.25, 0.3) is 0 Å². The molecule has 1 atom stereocenters. The molecule has 152 valence electrons. The lowest BCUT2D eigenvalue weighted by atomic mass is 9.30. The van der Waals surface area contributed by atoms with Gasteiger partial charge in [-0.3, -0.25) is 0 Å². The van der Waals surface area contributed by atoms with E-state index in [9.17, 15) is 0 Å². The Balaban J connectivity index is 1.51. The van der Waals surface area contributed by atoms with Crippen molar-refractivity contribution < 1.29 is 0 Å². The van der Waals surface area contributed by atoms with Crippen molar-refractivity contribution in [3.8, 4) is 0 Å². The van der Waals surface area contributed by atoms with Crippen LogP contribution >= 0.6 is 0 Å². The highest BCUT2D eigenvalue weighted by Gasteiger charge is 2.36. The second kappa shape index (κ2) is 10.8. The van der Waals surface area contributed by atoms with Gasteiger partial charge < -0.3 is 4.81 Å². The zero-order valence-electron chi connectivity index (χ0n) is 18.9. The largest absolute Gasteiger partial charge is 0.356 e. The van der Waals surface area contributed by atoms with Crippen LogP contribution in [-0.4, -0.2) is 39.1 Å². The van der Waals surface area contributed by atoms with Gasteiger partial charge in [0.05, 0.1) is 0 Å². The standard InChI is InChI=1S/C23H46B3N/c1-22(16-10-6-3-4-7-11-17-22)24-21-15-14-20-27(21)26-25-23(2)18-12-8-5-9-13-19-23/h21,24-26H,3-20H2,1-2H3. The minimum absolute atomic E-state index is 0.627. The first-order valence-electron chi connectivity index (χ1n) is 12.8. The van der Waals surface area contributed by atoms with Gasteiger partial charge in [0, 0.05) is 0 Å². The third-order valence-corrected chi connectivity index (χ3v) is 8.60. The molecule has 0 N–H and O–H groups in total. The van der Waals surface area contributed by atoms with Crippen LogP contribution in [0.2, 0.25) is 10.6 Å². The molecular formula is C23H46B3N. The third kappa shape index (κ3) is 7.16. The van der Waals surface area contributed by atoms with Crippen LogP contribution in [0.1, 0.15) is 123 Å². The summed E-state index contributed by atoms with van der Waals surface area (Å²) in [6, 6.07) is 0. The molecule has 2 aliphatic carbocycles. The first kappa shape index (κ1) is 21.9. The van der Waals surface area contributed by atoms with Gasteiger partial charge in [0.1, 0.15) is 14.4 Å². The van der Waals surface area contributed by atoms with E-state index < -0.39 is 0 Å². The van der Waals surface area contributed by atoms with Crippen LogP contribution in [0.3, 0.4) is 0 Å². The molecule has 0 spiro atoms. The van der Waals surface area contributed by atoms with Crippen molar-refractivity contribution in [1.29, 1.82) is 0 Å². The molecule has 1 heterocycles. The van der Waals surface area contributed by atoms with Gasteiger partial charge in [-0.05, 0) is 25.3 Å². The summed E-state index contributed by atoms with van der Waals surface area (Å²) in [5.41, 5.74) is 0. The molecular weight excluding hydrogens is 323 g/mol. The van der Waals surface area contributed by atoms with Gasteiger partial charge in [0.2, 0.25) is 0 Å². The molecule has 1 unspecified atom stereocenters. The van der Waals surface area contributed by atoms with Crippen molar-refractivity contribution in [2.75, 3.05) is 6.54 Å². The molecule has 3 rings (SSSR count). The van der Waals surface area contributed by atoms with Crippen LogP contribution in [0.15, 0.2) is 0 Å². The van der Waals surface area contributed by atoms with Crippen LogP contribution in [0, 0.1) is 0 Å². The summed E-state index contributed by atoms with van der Waals surface area (Å²) in [5.74, 6) is 0.896. The average molecular weight is 369 g/mol. The van der Waals surface area contributed by atoms with E-state index in [1.54, 1.807) is 0 Å². The van der Waals surface area contributed by atoms with Crippen LogP contribution in [0.25, 0.3) is 0 Å². The Morgan fingerprint density at radius 1 is 0.630 bits per heavy atom. The first-order chi connectivity index (χ1) is 13.1. The highest BCUT2D eigenvalue weighted by molar-refractivity contribution is 7.00. The normalized spacial score (nSPS) is 30.2. The van der Waals surface area contributed by atoms with Gasteiger partial charge in [-0.1, -0.05) is 121 Å². The molecule has 2 saturated carbocycles. The highest BCUT2D eigenvalue weighted by atomic mass is 15.1. The minimum Gasteiger partial charge on any atom is -0.356 e. The second-order valence-electron chi connectivity index (χ2n) is 11.3. The van der Waals surface area contributed by atoms with Crippen molar-refractivity contribution >= 4 is 21.8 Å².